The van der Waals surface area contributed by atoms with E-state index in [-0.39, 0.29) is 11.9 Å². The maximum atomic E-state index is 13.5. The molecule has 0 aliphatic carbocycles. The van der Waals surface area contributed by atoms with Gasteiger partial charge < -0.3 is 14.5 Å². The lowest BCUT2D eigenvalue weighted by molar-refractivity contribution is -0.959. The first kappa shape index (κ1) is 22.8. The minimum absolute atomic E-state index is 0.0342. The third-order valence-electron chi connectivity index (χ3n) is 6.04. The number of hydrogen-bond donors (Lipinski definition) is 1. The predicted molar refractivity (Wildman–Crippen MR) is 122 cm³/mol. The first-order valence-corrected chi connectivity index (χ1v) is 11.7. The van der Waals surface area contributed by atoms with Crippen molar-refractivity contribution in [2.45, 2.75) is 52.1 Å². The van der Waals surface area contributed by atoms with E-state index in [1.165, 1.54) is 24.9 Å². The molecule has 1 N–H and O–H groups in total. The molecule has 1 saturated heterocycles. The number of carbonyl (C=O) groups is 2. The zero-order valence-corrected chi connectivity index (χ0v) is 19.4. The van der Waals surface area contributed by atoms with Crippen LogP contribution in [0, 0.1) is 6.92 Å². The first-order chi connectivity index (χ1) is 14.4. The summed E-state index contributed by atoms with van der Waals surface area (Å²) in [6.07, 6.45) is 4.14. The van der Waals surface area contributed by atoms with Crippen molar-refractivity contribution in [1.29, 1.82) is 0 Å². The summed E-state index contributed by atoms with van der Waals surface area (Å²) < 4.78 is 5.61. The van der Waals surface area contributed by atoms with Crippen LogP contribution < -0.4 is 5.32 Å². The molecule has 1 aromatic carbocycles. The summed E-state index contributed by atoms with van der Waals surface area (Å²) >= 11 is 7.53. The highest BCUT2D eigenvalue weighted by Gasteiger charge is 2.42. The summed E-state index contributed by atoms with van der Waals surface area (Å²) in [5.41, 5.74) is 2.61. The van der Waals surface area contributed by atoms with E-state index in [9.17, 15) is 9.59 Å². The summed E-state index contributed by atoms with van der Waals surface area (Å²) in [4.78, 5) is 26.1. The molecule has 2 heterocycles. The number of likely N-dealkylation sites (tertiary alicyclic amines) is 1. The first-order valence-electron chi connectivity index (χ1n) is 10.5. The molecule has 1 unspecified atom stereocenters. The molecule has 3 rings (SSSR count). The van der Waals surface area contributed by atoms with Gasteiger partial charge in [-0.3, -0.25) is 4.79 Å². The van der Waals surface area contributed by atoms with Gasteiger partial charge in [-0.1, -0.05) is 30.7 Å². The van der Waals surface area contributed by atoms with Crippen LogP contribution in [0.2, 0.25) is 5.02 Å². The summed E-state index contributed by atoms with van der Waals surface area (Å²) in [5.74, 6) is -0.453. The smallest absolute Gasteiger partial charge is 0.350 e. The molecule has 162 valence electrons. The number of ether oxygens (including phenoxy) is 1. The Kier molecular flexibility index (Phi) is 7.55. The Morgan fingerprint density at radius 1 is 1.27 bits per heavy atom. The summed E-state index contributed by atoms with van der Waals surface area (Å²) in [6.45, 7) is 6.67. The number of benzene rings is 1. The summed E-state index contributed by atoms with van der Waals surface area (Å²) in [7, 11) is 1.36. The van der Waals surface area contributed by atoms with E-state index in [4.69, 9.17) is 16.3 Å². The van der Waals surface area contributed by atoms with Crippen LogP contribution >= 0.6 is 22.9 Å². The molecule has 1 atom stereocenters. The number of methoxy groups -OCH3 is 1. The fourth-order valence-electron chi connectivity index (χ4n) is 4.59. The minimum atomic E-state index is -0.419. The Morgan fingerprint density at radius 3 is 2.63 bits per heavy atom. The van der Waals surface area contributed by atoms with Crippen molar-refractivity contribution in [1.82, 2.24) is 0 Å². The lowest BCUT2D eigenvalue weighted by atomic mass is 9.98. The van der Waals surface area contributed by atoms with Crippen LogP contribution in [0.4, 0.5) is 5.69 Å². The fourth-order valence-corrected chi connectivity index (χ4v) is 5.73. The zero-order valence-electron chi connectivity index (χ0n) is 17.9. The Balaban J connectivity index is 1.90. The van der Waals surface area contributed by atoms with Gasteiger partial charge in [-0.15, -0.1) is 11.3 Å². The number of halogens is 1. The van der Waals surface area contributed by atoms with Gasteiger partial charge in [0.25, 0.3) is 5.91 Å². The van der Waals surface area contributed by atoms with E-state index in [1.807, 2.05) is 30.5 Å². The number of esters is 1. The Labute approximate surface area is 187 Å². The molecule has 0 spiro atoms. The number of quaternary nitrogens is 1. The number of rotatable bonds is 7. The molecule has 2 aromatic rings. The number of piperidine rings is 1. The van der Waals surface area contributed by atoms with E-state index in [0.29, 0.717) is 10.6 Å². The monoisotopic (exact) mass is 449 g/mol. The number of nitrogens with zero attached hydrogens (tertiary/aromatic N) is 1. The number of nitrogens with one attached hydrogen (secondary N) is 1. The molecule has 5 nitrogen and oxygen atoms in total. The number of hydrogen-bond acceptors (Lipinski definition) is 4. The number of thiophene rings is 1. The summed E-state index contributed by atoms with van der Waals surface area (Å²) in [6, 6.07) is 7.73. The van der Waals surface area contributed by atoms with Crippen molar-refractivity contribution in [3.05, 3.63) is 50.7 Å². The molecule has 1 amide bonds. The van der Waals surface area contributed by atoms with E-state index in [0.717, 1.165) is 59.5 Å². The lowest BCUT2D eigenvalue weighted by Crippen LogP contribution is -2.61. The quantitative estimate of drug-likeness (QED) is 0.454. The highest BCUT2D eigenvalue weighted by molar-refractivity contribution is 7.12. The molecule has 0 bridgehead atoms. The van der Waals surface area contributed by atoms with Crippen LogP contribution in [0.25, 0.3) is 0 Å². The second-order valence-corrected chi connectivity index (χ2v) is 9.36. The molecule has 0 radical (unpaired) electrons. The fraction of sp³-hybridized carbons (Fsp3) is 0.478. The van der Waals surface area contributed by atoms with Crippen molar-refractivity contribution in [3.63, 3.8) is 0 Å². The zero-order chi connectivity index (χ0) is 21.7. The van der Waals surface area contributed by atoms with Crippen LogP contribution in [0.5, 0.6) is 0 Å². The Bertz CT molecular complexity index is 906. The van der Waals surface area contributed by atoms with Crippen LogP contribution in [0.3, 0.4) is 0 Å². The van der Waals surface area contributed by atoms with Crippen molar-refractivity contribution < 1.29 is 18.8 Å². The van der Waals surface area contributed by atoms with Gasteiger partial charge in [0, 0.05) is 17.0 Å². The van der Waals surface area contributed by atoms with Crippen molar-refractivity contribution in [2.24, 2.45) is 0 Å². The molecule has 30 heavy (non-hydrogen) atoms. The van der Waals surface area contributed by atoms with Crippen molar-refractivity contribution >= 4 is 40.5 Å². The number of anilines is 1. The van der Waals surface area contributed by atoms with Gasteiger partial charge >= 0.3 is 5.97 Å². The Hall–Kier alpha value is -1.89. The van der Waals surface area contributed by atoms with E-state index in [1.54, 1.807) is 0 Å². The SMILES string of the molecule is CCC(C(=O)Nc1c(C)csc1C(=O)OC)[N+]1(Cc2cccc(Cl)c2)CCCCC1. The van der Waals surface area contributed by atoms with E-state index in [2.05, 4.69) is 18.3 Å². The molecular weight excluding hydrogens is 420 g/mol. The molecule has 7 heteroatoms. The predicted octanol–water partition coefficient (Wildman–Crippen LogP) is 5.41. The average Bonchev–Trinajstić information content (AvgIpc) is 3.09. The standard InChI is InChI=1S/C23H29ClN2O3S/c1-4-19(22(27)25-20-16(2)15-30-21(20)23(28)29-3)26(11-6-5-7-12-26)14-17-9-8-10-18(24)13-17/h8-10,13,15,19H,4-7,11-12,14H2,1-3H3/p+1. The molecule has 1 fully saturated rings. The van der Waals surface area contributed by atoms with E-state index >= 15 is 0 Å². The van der Waals surface area contributed by atoms with Gasteiger partial charge in [0.15, 0.2) is 6.04 Å². The molecule has 1 aliphatic rings. The number of amides is 1. The van der Waals surface area contributed by atoms with Crippen LogP contribution in [0.15, 0.2) is 29.6 Å². The van der Waals surface area contributed by atoms with E-state index < -0.39 is 5.97 Å². The van der Waals surface area contributed by atoms with Crippen molar-refractivity contribution in [2.75, 3.05) is 25.5 Å². The largest absolute Gasteiger partial charge is 0.465 e. The van der Waals surface area contributed by atoms with Gasteiger partial charge in [-0.05, 0) is 49.3 Å². The minimum Gasteiger partial charge on any atom is -0.465 e. The van der Waals surface area contributed by atoms with Crippen LogP contribution in [-0.2, 0) is 16.1 Å². The Morgan fingerprint density at radius 2 is 2.00 bits per heavy atom. The van der Waals surface area contributed by atoms with Gasteiger partial charge in [0.2, 0.25) is 0 Å². The van der Waals surface area contributed by atoms with Gasteiger partial charge in [0.05, 0.1) is 25.9 Å². The van der Waals surface area contributed by atoms with Gasteiger partial charge in [-0.25, -0.2) is 4.79 Å². The second kappa shape index (κ2) is 9.94. The van der Waals surface area contributed by atoms with Crippen molar-refractivity contribution in [3.8, 4) is 0 Å². The molecule has 1 aliphatic heterocycles. The lowest BCUT2D eigenvalue weighted by Gasteiger charge is -2.46. The highest BCUT2D eigenvalue weighted by atomic mass is 35.5. The highest BCUT2D eigenvalue weighted by Crippen LogP contribution is 2.32. The maximum Gasteiger partial charge on any atom is 0.350 e. The van der Waals surface area contributed by atoms with Gasteiger partial charge in [0.1, 0.15) is 11.4 Å². The number of carbonyl (C=O) groups excluding carboxylic acids is 2. The average molecular weight is 450 g/mol. The normalized spacial score (nSPS) is 16.7. The van der Waals surface area contributed by atoms with Gasteiger partial charge in [-0.2, -0.15) is 0 Å². The topological polar surface area (TPSA) is 55.4 Å². The summed E-state index contributed by atoms with van der Waals surface area (Å²) in [5, 5.41) is 5.67. The molecular formula is C23H30ClN2O3S+. The molecule has 0 saturated carbocycles. The number of aryl methyl sites for hydroxylation is 1. The third-order valence-corrected chi connectivity index (χ3v) is 7.35. The maximum absolute atomic E-state index is 13.5. The van der Waals surface area contributed by atoms with Crippen LogP contribution in [-0.4, -0.2) is 42.6 Å². The van der Waals surface area contributed by atoms with Crippen LogP contribution in [0.1, 0.15) is 53.4 Å². The molecule has 1 aromatic heterocycles. The second-order valence-electron chi connectivity index (χ2n) is 8.04. The third kappa shape index (κ3) is 4.88.